The summed E-state index contributed by atoms with van der Waals surface area (Å²) in [6.45, 7) is 5.49. The first-order valence-corrected chi connectivity index (χ1v) is 9.62. The predicted molar refractivity (Wildman–Crippen MR) is 107 cm³/mol. The van der Waals surface area contributed by atoms with Gasteiger partial charge in [0.15, 0.2) is 0 Å². The SMILES string of the molecule is COc1cc(Cc2nc(C3CC3)cc(C(C)(C)O)n2)ccc1-n1cnc(C)c1. The summed E-state index contributed by atoms with van der Waals surface area (Å²) < 4.78 is 7.56. The van der Waals surface area contributed by atoms with Crippen molar-refractivity contribution in [3.05, 3.63) is 65.3 Å². The summed E-state index contributed by atoms with van der Waals surface area (Å²) in [6, 6.07) is 8.05. The molecule has 1 fully saturated rings. The van der Waals surface area contributed by atoms with Crippen LogP contribution in [0.3, 0.4) is 0 Å². The fourth-order valence-corrected chi connectivity index (χ4v) is 3.28. The van der Waals surface area contributed by atoms with Crippen molar-refractivity contribution < 1.29 is 9.84 Å². The van der Waals surface area contributed by atoms with E-state index < -0.39 is 5.60 Å². The van der Waals surface area contributed by atoms with Crippen molar-refractivity contribution in [1.29, 1.82) is 0 Å². The summed E-state index contributed by atoms with van der Waals surface area (Å²) in [5.74, 6) is 2.01. The second-order valence-electron chi connectivity index (χ2n) is 8.03. The molecule has 1 aromatic carbocycles. The summed E-state index contributed by atoms with van der Waals surface area (Å²) in [7, 11) is 1.67. The van der Waals surface area contributed by atoms with Crippen LogP contribution in [0, 0.1) is 6.92 Å². The van der Waals surface area contributed by atoms with Crippen molar-refractivity contribution in [2.75, 3.05) is 7.11 Å². The number of benzene rings is 1. The van der Waals surface area contributed by atoms with Gasteiger partial charge in [-0.05, 0) is 57.4 Å². The van der Waals surface area contributed by atoms with Gasteiger partial charge in [-0.1, -0.05) is 6.07 Å². The molecule has 1 aliphatic rings. The van der Waals surface area contributed by atoms with E-state index in [1.54, 1.807) is 27.3 Å². The Balaban J connectivity index is 1.66. The van der Waals surface area contributed by atoms with E-state index in [0.29, 0.717) is 18.0 Å². The van der Waals surface area contributed by atoms with Gasteiger partial charge >= 0.3 is 0 Å². The highest BCUT2D eigenvalue weighted by Crippen LogP contribution is 2.40. The third-order valence-electron chi connectivity index (χ3n) is 5.01. The number of rotatable bonds is 6. The molecule has 0 saturated heterocycles. The van der Waals surface area contributed by atoms with Crippen LogP contribution < -0.4 is 4.74 Å². The minimum Gasteiger partial charge on any atom is -0.495 e. The molecule has 0 bridgehead atoms. The number of imidazole rings is 1. The molecule has 6 heteroatoms. The molecule has 146 valence electrons. The molecule has 0 aliphatic heterocycles. The van der Waals surface area contributed by atoms with Gasteiger partial charge in [0, 0.05) is 24.2 Å². The number of hydrogen-bond acceptors (Lipinski definition) is 5. The molecule has 4 rings (SSSR count). The molecule has 2 heterocycles. The van der Waals surface area contributed by atoms with Gasteiger partial charge in [-0.2, -0.15) is 0 Å². The molecule has 1 aliphatic carbocycles. The van der Waals surface area contributed by atoms with Crippen molar-refractivity contribution in [2.24, 2.45) is 0 Å². The average molecular weight is 378 g/mol. The van der Waals surface area contributed by atoms with Crippen molar-refractivity contribution in [3.8, 4) is 11.4 Å². The quantitative estimate of drug-likeness (QED) is 0.708. The number of aromatic nitrogens is 4. The molecule has 1 saturated carbocycles. The van der Waals surface area contributed by atoms with Crippen molar-refractivity contribution >= 4 is 0 Å². The van der Waals surface area contributed by atoms with E-state index in [4.69, 9.17) is 9.72 Å². The molecular formula is C22H26N4O2. The second-order valence-corrected chi connectivity index (χ2v) is 8.03. The first-order chi connectivity index (χ1) is 13.3. The van der Waals surface area contributed by atoms with Crippen LogP contribution in [0.25, 0.3) is 5.69 Å². The van der Waals surface area contributed by atoms with Crippen molar-refractivity contribution in [1.82, 2.24) is 19.5 Å². The predicted octanol–water partition coefficient (Wildman–Crippen LogP) is 3.67. The zero-order chi connectivity index (χ0) is 19.9. The van der Waals surface area contributed by atoms with Gasteiger partial charge in [0.1, 0.15) is 17.2 Å². The zero-order valence-corrected chi connectivity index (χ0v) is 16.8. The number of nitrogens with zero attached hydrogens (tertiary/aromatic N) is 4. The highest BCUT2D eigenvalue weighted by atomic mass is 16.5. The van der Waals surface area contributed by atoms with Gasteiger partial charge in [0.25, 0.3) is 0 Å². The van der Waals surface area contributed by atoms with Crippen LogP contribution in [-0.4, -0.2) is 31.7 Å². The normalized spacial score (nSPS) is 14.3. The lowest BCUT2D eigenvalue weighted by Gasteiger charge is -2.18. The fourth-order valence-electron chi connectivity index (χ4n) is 3.28. The smallest absolute Gasteiger partial charge is 0.143 e. The van der Waals surface area contributed by atoms with Crippen LogP contribution in [0.2, 0.25) is 0 Å². The van der Waals surface area contributed by atoms with Crippen molar-refractivity contribution in [2.45, 2.75) is 51.6 Å². The first-order valence-electron chi connectivity index (χ1n) is 9.62. The Morgan fingerprint density at radius 3 is 2.61 bits per heavy atom. The maximum Gasteiger partial charge on any atom is 0.143 e. The van der Waals surface area contributed by atoms with Crippen LogP contribution in [-0.2, 0) is 12.0 Å². The average Bonchev–Trinajstić information content (AvgIpc) is 3.42. The summed E-state index contributed by atoms with van der Waals surface area (Å²) in [5.41, 5.74) is 3.69. The molecular weight excluding hydrogens is 352 g/mol. The number of hydrogen-bond donors (Lipinski definition) is 1. The summed E-state index contributed by atoms with van der Waals surface area (Å²) in [6.07, 6.45) is 6.66. The summed E-state index contributed by atoms with van der Waals surface area (Å²) in [4.78, 5) is 13.7. The highest BCUT2D eigenvalue weighted by Gasteiger charge is 2.28. The van der Waals surface area contributed by atoms with E-state index in [0.717, 1.165) is 47.1 Å². The Morgan fingerprint density at radius 1 is 1.21 bits per heavy atom. The molecule has 6 nitrogen and oxygen atoms in total. The zero-order valence-electron chi connectivity index (χ0n) is 16.8. The molecule has 28 heavy (non-hydrogen) atoms. The Hall–Kier alpha value is -2.73. The van der Waals surface area contributed by atoms with E-state index in [2.05, 4.69) is 16.0 Å². The van der Waals surface area contributed by atoms with Gasteiger partial charge in [-0.25, -0.2) is 15.0 Å². The van der Waals surface area contributed by atoms with E-state index in [1.807, 2.05) is 35.9 Å². The Kier molecular flexibility index (Phi) is 4.67. The van der Waals surface area contributed by atoms with Gasteiger partial charge in [0.05, 0.1) is 30.5 Å². The molecule has 0 amide bonds. The van der Waals surface area contributed by atoms with Crippen LogP contribution in [0.1, 0.15) is 61.1 Å². The third-order valence-corrected chi connectivity index (χ3v) is 5.01. The highest BCUT2D eigenvalue weighted by molar-refractivity contribution is 5.49. The van der Waals surface area contributed by atoms with Crippen LogP contribution in [0.5, 0.6) is 5.75 Å². The lowest BCUT2D eigenvalue weighted by Crippen LogP contribution is -2.20. The number of methoxy groups -OCH3 is 1. The fraction of sp³-hybridized carbons (Fsp3) is 0.409. The van der Waals surface area contributed by atoms with Crippen molar-refractivity contribution in [3.63, 3.8) is 0 Å². The third kappa shape index (κ3) is 3.92. The van der Waals surface area contributed by atoms with E-state index in [1.165, 1.54) is 0 Å². The van der Waals surface area contributed by atoms with E-state index in [9.17, 15) is 5.11 Å². The number of aryl methyl sites for hydroxylation is 1. The van der Waals surface area contributed by atoms with Crippen LogP contribution in [0.4, 0.5) is 0 Å². The number of aliphatic hydroxyl groups is 1. The van der Waals surface area contributed by atoms with Gasteiger partial charge in [0.2, 0.25) is 0 Å². The topological polar surface area (TPSA) is 73.1 Å². The van der Waals surface area contributed by atoms with Crippen LogP contribution >= 0.6 is 0 Å². The van der Waals surface area contributed by atoms with Gasteiger partial charge in [-0.3, -0.25) is 0 Å². The number of ether oxygens (including phenoxy) is 1. The largest absolute Gasteiger partial charge is 0.495 e. The Morgan fingerprint density at radius 2 is 2.00 bits per heavy atom. The molecule has 0 spiro atoms. The Bertz CT molecular complexity index is 1000. The Labute approximate surface area is 165 Å². The molecule has 1 N–H and O–H groups in total. The van der Waals surface area contributed by atoms with Gasteiger partial charge in [-0.15, -0.1) is 0 Å². The molecule has 0 atom stereocenters. The maximum atomic E-state index is 10.4. The molecule has 2 aromatic heterocycles. The second kappa shape index (κ2) is 7.02. The molecule has 0 unspecified atom stereocenters. The first kappa shape index (κ1) is 18.6. The minimum atomic E-state index is -0.984. The lowest BCUT2D eigenvalue weighted by molar-refractivity contribution is 0.0733. The van der Waals surface area contributed by atoms with E-state index >= 15 is 0 Å². The standard InChI is InChI=1S/C22H26N4O2/c1-14-12-26(13-23-14)18-8-5-15(9-19(18)28-4)10-21-24-17(16-6-7-16)11-20(25-21)22(2,3)27/h5,8-9,11-13,16,27H,6-7,10H2,1-4H3. The maximum absolute atomic E-state index is 10.4. The molecule has 0 radical (unpaired) electrons. The molecule has 3 aromatic rings. The lowest BCUT2D eigenvalue weighted by atomic mass is 10.0. The van der Waals surface area contributed by atoms with Gasteiger partial charge < -0.3 is 14.4 Å². The van der Waals surface area contributed by atoms with E-state index in [-0.39, 0.29) is 0 Å². The summed E-state index contributed by atoms with van der Waals surface area (Å²) >= 11 is 0. The minimum absolute atomic E-state index is 0.504. The summed E-state index contributed by atoms with van der Waals surface area (Å²) in [5, 5.41) is 10.4. The van der Waals surface area contributed by atoms with Crippen LogP contribution in [0.15, 0.2) is 36.8 Å². The monoisotopic (exact) mass is 378 g/mol.